The van der Waals surface area contributed by atoms with Crippen LogP contribution in [0.2, 0.25) is 0 Å². The van der Waals surface area contributed by atoms with Crippen LogP contribution in [0.25, 0.3) is 0 Å². The molecule has 1 aromatic heterocycles. The van der Waals surface area contributed by atoms with Crippen LogP contribution in [0.3, 0.4) is 0 Å². The summed E-state index contributed by atoms with van der Waals surface area (Å²) in [6.45, 7) is 13.2. The SMILES string of the molecule is [2H][C@@](Nc1c(Nc2ccc(C)c3c2C(=O)N(C)C3(C)C)c(=O)c1=O)(c1ccc(C)o1)C(C)(C)C. The number of amides is 1. The number of fused-ring (bicyclic) bond motifs is 1. The molecule has 0 saturated carbocycles. The maximum atomic E-state index is 13.1. The van der Waals surface area contributed by atoms with Crippen molar-refractivity contribution < 1.29 is 10.6 Å². The first-order valence-electron chi connectivity index (χ1n) is 11.5. The Bertz CT molecular complexity index is 1390. The molecule has 1 aliphatic heterocycles. The Labute approximate surface area is 194 Å². The monoisotopic (exact) mass is 450 g/mol. The van der Waals surface area contributed by atoms with Gasteiger partial charge in [-0.2, -0.15) is 0 Å². The van der Waals surface area contributed by atoms with E-state index in [4.69, 9.17) is 4.42 Å². The van der Waals surface area contributed by atoms with Crippen LogP contribution in [-0.2, 0) is 5.54 Å². The first kappa shape index (κ1) is 21.5. The molecule has 2 aromatic carbocycles. The van der Waals surface area contributed by atoms with Crippen LogP contribution < -0.4 is 21.5 Å². The highest BCUT2D eigenvalue weighted by atomic mass is 16.3. The van der Waals surface area contributed by atoms with Gasteiger partial charge in [0.15, 0.2) is 0 Å². The lowest BCUT2D eigenvalue weighted by molar-refractivity contribution is 0.0691. The van der Waals surface area contributed by atoms with Gasteiger partial charge in [0.05, 0.1) is 24.2 Å². The van der Waals surface area contributed by atoms with Gasteiger partial charge in [0.2, 0.25) is 0 Å². The highest BCUT2D eigenvalue weighted by molar-refractivity contribution is 6.06. The van der Waals surface area contributed by atoms with Gasteiger partial charge in [-0.05, 0) is 62.4 Å². The highest BCUT2D eigenvalue weighted by Crippen LogP contribution is 2.44. The summed E-state index contributed by atoms with van der Waals surface area (Å²) >= 11 is 0. The zero-order valence-corrected chi connectivity index (χ0v) is 20.4. The molecule has 2 N–H and O–H groups in total. The molecule has 33 heavy (non-hydrogen) atoms. The zero-order valence-electron chi connectivity index (χ0n) is 21.4. The molecule has 0 aliphatic carbocycles. The van der Waals surface area contributed by atoms with Crippen molar-refractivity contribution in [3.63, 3.8) is 0 Å². The van der Waals surface area contributed by atoms with Crippen LogP contribution in [0.1, 0.15) is 75.0 Å². The number of carbonyl (C=O) groups is 1. The number of benzene rings is 1. The van der Waals surface area contributed by atoms with Gasteiger partial charge < -0.3 is 20.0 Å². The van der Waals surface area contributed by atoms with E-state index in [1.165, 1.54) is 0 Å². The minimum atomic E-state index is -1.52. The van der Waals surface area contributed by atoms with Crippen molar-refractivity contribution in [1.29, 1.82) is 0 Å². The van der Waals surface area contributed by atoms with E-state index >= 15 is 0 Å². The molecule has 0 spiro atoms. The number of furan rings is 1. The van der Waals surface area contributed by atoms with Crippen LogP contribution in [0.4, 0.5) is 17.1 Å². The molecule has 2 heterocycles. The van der Waals surface area contributed by atoms with Crippen LogP contribution in [0, 0.1) is 19.3 Å². The second-order valence-corrected chi connectivity index (χ2v) is 10.3. The van der Waals surface area contributed by atoms with Crippen molar-refractivity contribution in [1.82, 2.24) is 4.90 Å². The molecule has 174 valence electrons. The Kier molecular flexibility index (Phi) is 4.78. The molecule has 0 unspecified atom stereocenters. The molecule has 1 aliphatic rings. The van der Waals surface area contributed by atoms with Crippen LogP contribution in [-0.4, -0.2) is 17.9 Å². The molecule has 7 nitrogen and oxygen atoms in total. The number of anilines is 3. The second kappa shape index (κ2) is 7.33. The Morgan fingerprint density at radius 3 is 2.24 bits per heavy atom. The van der Waals surface area contributed by atoms with Crippen molar-refractivity contribution >= 4 is 23.0 Å². The normalized spacial score (nSPS) is 17.6. The summed E-state index contributed by atoms with van der Waals surface area (Å²) in [6.07, 6.45) is 0. The van der Waals surface area contributed by atoms with Gasteiger partial charge in [0.1, 0.15) is 22.9 Å². The lowest BCUT2D eigenvalue weighted by atomic mass is 9.84. The van der Waals surface area contributed by atoms with Gasteiger partial charge in [-0.15, -0.1) is 0 Å². The fourth-order valence-electron chi connectivity index (χ4n) is 4.49. The summed E-state index contributed by atoms with van der Waals surface area (Å²) in [5, 5.41) is 6.03. The third kappa shape index (κ3) is 3.46. The van der Waals surface area contributed by atoms with Gasteiger partial charge in [-0.25, -0.2) is 0 Å². The smallest absolute Gasteiger partial charge is 0.256 e. The number of aryl methyl sites for hydroxylation is 2. The first-order chi connectivity index (χ1) is 15.6. The van der Waals surface area contributed by atoms with Crippen LogP contribution in [0.5, 0.6) is 0 Å². The predicted octanol–water partition coefficient (Wildman–Crippen LogP) is 4.76. The summed E-state index contributed by atoms with van der Waals surface area (Å²) < 4.78 is 14.9. The van der Waals surface area contributed by atoms with E-state index in [1.54, 1.807) is 37.1 Å². The van der Waals surface area contributed by atoms with Gasteiger partial charge in [0.25, 0.3) is 16.8 Å². The maximum Gasteiger partial charge on any atom is 0.256 e. The lowest BCUT2D eigenvalue weighted by Crippen LogP contribution is -2.39. The first-order valence-corrected chi connectivity index (χ1v) is 11.0. The second-order valence-electron chi connectivity index (χ2n) is 10.3. The molecule has 3 aromatic rings. The fraction of sp³-hybridized carbons (Fsp3) is 0.423. The van der Waals surface area contributed by atoms with Crippen molar-refractivity contribution in [2.24, 2.45) is 5.41 Å². The van der Waals surface area contributed by atoms with E-state index in [0.717, 1.165) is 11.1 Å². The molecule has 7 heteroatoms. The third-order valence-corrected chi connectivity index (χ3v) is 6.54. The Balaban J connectivity index is 1.79. The Morgan fingerprint density at radius 1 is 1.03 bits per heavy atom. The summed E-state index contributed by atoms with van der Waals surface area (Å²) in [5.74, 6) is 0.822. The molecular formula is C26H31N3O4. The zero-order chi connectivity index (χ0) is 25.4. The molecule has 0 radical (unpaired) electrons. The third-order valence-electron chi connectivity index (χ3n) is 6.54. The summed E-state index contributed by atoms with van der Waals surface area (Å²) in [4.78, 5) is 40.0. The molecule has 1 atom stereocenters. The molecule has 4 rings (SSSR count). The standard InChI is InChI=1S/C26H31N3O4/c1-13-9-11-15(17-18(13)26(6,7)29(8)24(17)32)27-19-20(22(31)21(19)30)28-23(25(3,4)5)16-12-10-14(2)33-16/h9-12,23,27-28H,1-8H3/t23-/m1/s1/i23D. The van der Waals surface area contributed by atoms with E-state index < -0.39 is 27.8 Å². The van der Waals surface area contributed by atoms with Gasteiger partial charge in [-0.1, -0.05) is 26.8 Å². The van der Waals surface area contributed by atoms with E-state index in [0.29, 0.717) is 22.8 Å². The number of nitrogens with zero attached hydrogens (tertiary/aromatic N) is 1. The van der Waals surface area contributed by atoms with Gasteiger partial charge in [0, 0.05) is 7.05 Å². The van der Waals surface area contributed by atoms with Crippen molar-refractivity contribution in [2.75, 3.05) is 17.7 Å². The van der Waals surface area contributed by atoms with Crippen molar-refractivity contribution in [2.45, 2.75) is 60.0 Å². The van der Waals surface area contributed by atoms with E-state index in [-0.39, 0.29) is 17.3 Å². The van der Waals surface area contributed by atoms with Crippen molar-refractivity contribution in [3.05, 3.63) is 72.9 Å². The molecule has 0 saturated heterocycles. The number of carbonyl (C=O) groups excluding carboxylic acids is 1. The molecule has 0 fully saturated rings. The Hall–Kier alpha value is -3.35. The molecule has 1 amide bonds. The largest absolute Gasteiger partial charge is 0.464 e. The van der Waals surface area contributed by atoms with E-state index in [2.05, 4.69) is 10.6 Å². The minimum absolute atomic E-state index is 0.0105. The average molecular weight is 451 g/mol. The minimum Gasteiger partial charge on any atom is -0.464 e. The highest BCUT2D eigenvalue weighted by Gasteiger charge is 2.43. The lowest BCUT2D eigenvalue weighted by Gasteiger charge is -2.31. The quantitative estimate of drug-likeness (QED) is 0.545. The summed E-state index contributed by atoms with van der Waals surface area (Å²) in [6, 6.07) is 5.57. The average Bonchev–Trinajstić information content (AvgIpc) is 3.27. The Morgan fingerprint density at radius 2 is 1.67 bits per heavy atom. The predicted molar refractivity (Wildman–Crippen MR) is 130 cm³/mol. The number of nitrogens with one attached hydrogen (secondary N) is 2. The van der Waals surface area contributed by atoms with Gasteiger partial charge >= 0.3 is 0 Å². The molecule has 0 bridgehead atoms. The number of hydrogen-bond acceptors (Lipinski definition) is 6. The van der Waals surface area contributed by atoms with Gasteiger partial charge in [-0.3, -0.25) is 14.4 Å². The summed E-state index contributed by atoms with van der Waals surface area (Å²) in [5.41, 5.74) is 0.244. The topological polar surface area (TPSA) is 91.6 Å². The summed E-state index contributed by atoms with van der Waals surface area (Å²) in [7, 11) is 1.75. The van der Waals surface area contributed by atoms with Crippen LogP contribution in [0.15, 0.2) is 38.3 Å². The van der Waals surface area contributed by atoms with Crippen LogP contribution >= 0.6 is 0 Å². The number of hydrogen-bond donors (Lipinski definition) is 2. The maximum absolute atomic E-state index is 13.1. The van der Waals surface area contributed by atoms with Crippen molar-refractivity contribution in [3.8, 4) is 0 Å². The molecular weight excluding hydrogens is 418 g/mol. The van der Waals surface area contributed by atoms with E-state index in [9.17, 15) is 15.8 Å². The fourth-order valence-corrected chi connectivity index (χ4v) is 4.49. The number of rotatable bonds is 5. The van der Waals surface area contributed by atoms with E-state index in [1.807, 2.05) is 47.6 Å².